The summed E-state index contributed by atoms with van der Waals surface area (Å²) in [6.07, 6.45) is 3.67. The van der Waals surface area contributed by atoms with E-state index in [1.54, 1.807) is 6.20 Å². The lowest BCUT2D eigenvalue weighted by molar-refractivity contribution is 0.838. The first kappa shape index (κ1) is 9.97. The molecule has 1 N–H and O–H groups in total. The Hall–Kier alpha value is -1.57. The zero-order chi connectivity index (χ0) is 10.8. The largest absolute Gasteiger partial charge is 0.348 e. The van der Waals surface area contributed by atoms with Gasteiger partial charge in [-0.1, -0.05) is 25.1 Å². The van der Waals surface area contributed by atoms with Crippen LogP contribution in [0.1, 0.15) is 35.4 Å². The molecule has 0 aliphatic carbocycles. The van der Waals surface area contributed by atoms with Crippen LogP contribution >= 0.6 is 0 Å². The highest BCUT2D eigenvalue weighted by molar-refractivity contribution is 5.33. The van der Waals surface area contributed by atoms with E-state index in [1.165, 1.54) is 16.7 Å². The molecule has 2 heteroatoms. The van der Waals surface area contributed by atoms with Gasteiger partial charge in [0.25, 0.3) is 0 Å². The molecular formula is C13H16N2. The number of imidazole rings is 1. The molecule has 2 rings (SSSR count). The van der Waals surface area contributed by atoms with Gasteiger partial charge < -0.3 is 4.98 Å². The van der Waals surface area contributed by atoms with E-state index >= 15 is 0 Å². The fourth-order valence-electron chi connectivity index (χ4n) is 1.71. The van der Waals surface area contributed by atoms with Gasteiger partial charge in [-0.15, -0.1) is 0 Å². The van der Waals surface area contributed by atoms with Crippen LogP contribution in [0.5, 0.6) is 0 Å². The number of aromatic nitrogens is 2. The van der Waals surface area contributed by atoms with Crippen LogP contribution in [0, 0.1) is 13.8 Å². The molecule has 2 aromatic rings. The summed E-state index contributed by atoms with van der Waals surface area (Å²) in [5, 5.41) is 0. The van der Waals surface area contributed by atoms with Crippen LogP contribution in [0.3, 0.4) is 0 Å². The van der Waals surface area contributed by atoms with Gasteiger partial charge in [-0.05, 0) is 30.5 Å². The molecule has 0 saturated carbocycles. The lowest BCUT2D eigenvalue weighted by Gasteiger charge is -2.11. The third-order valence-corrected chi connectivity index (χ3v) is 2.96. The minimum atomic E-state index is 0.333. The Morgan fingerprint density at radius 3 is 2.60 bits per heavy atom. The van der Waals surface area contributed by atoms with Gasteiger partial charge in [-0.2, -0.15) is 0 Å². The first-order valence-corrected chi connectivity index (χ1v) is 5.25. The number of H-pyrrole nitrogens is 1. The van der Waals surface area contributed by atoms with E-state index in [9.17, 15) is 0 Å². The SMILES string of the molecule is Cc1ccc(C(C)c2ncc[nH]2)cc1C. The summed E-state index contributed by atoms with van der Waals surface area (Å²) in [6.45, 7) is 6.45. The fourth-order valence-corrected chi connectivity index (χ4v) is 1.71. The van der Waals surface area contributed by atoms with Gasteiger partial charge in [0.2, 0.25) is 0 Å². The van der Waals surface area contributed by atoms with Gasteiger partial charge in [0.15, 0.2) is 0 Å². The number of aryl methyl sites for hydroxylation is 2. The second-order valence-electron chi connectivity index (χ2n) is 4.04. The highest BCUT2D eigenvalue weighted by atomic mass is 14.9. The summed E-state index contributed by atoms with van der Waals surface area (Å²) in [5.41, 5.74) is 3.99. The van der Waals surface area contributed by atoms with Crippen molar-refractivity contribution in [1.82, 2.24) is 9.97 Å². The van der Waals surface area contributed by atoms with Crippen LogP contribution in [0.25, 0.3) is 0 Å². The third-order valence-electron chi connectivity index (χ3n) is 2.96. The van der Waals surface area contributed by atoms with Crippen LogP contribution in [0.15, 0.2) is 30.6 Å². The van der Waals surface area contributed by atoms with Crippen molar-refractivity contribution >= 4 is 0 Å². The standard InChI is InChI=1S/C13H16N2/c1-9-4-5-12(8-10(9)2)11(3)13-14-6-7-15-13/h4-8,11H,1-3H3,(H,14,15). The molecule has 2 nitrogen and oxygen atoms in total. The van der Waals surface area contributed by atoms with E-state index in [0.717, 1.165) is 5.82 Å². The van der Waals surface area contributed by atoms with Crippen molar-refractivity contribution in [2.45, 2.75) is 26.7 Å². The van der Waals surface area contributed by atoms with E-state index < -0.39 is 0 Å². The smallest absolute Gasteiger partial charge is 0.113 e. The molecule has 78 valence electrons. The molecule has 1 atom stereocenters. The highest BCUT2D eigenvalue weighted by Gasteiger charge is 2.10. The minimum absolute atomic E-state index is 0.333. The third kappa shape index (κ3) is 1.94. The maximum atomic E-state index is 4.29. The van der Waals surface area contributed by atoms with Crippen molar-refractivity contribution < 1.29 is 0 Å². The first-order chi connectivity index (χ1) is 7.18. The van der Waals surface area contributed by atoms with Crippen molar-refractivity contribution in [3.05, 3.63) is 53.1 Å². The number of nitrogens with zero attached hydrogens (tertiary/aromatic N) is 1. The molecule has 0 fully saturated rings. The van der Waals surface area contributed by atoms with E-state index in [-0.39, 0.29) is 0 Å². The summed E-state index contributed by atoms with van der Waals surface area (Å²) in [5.74, 6) is 1.36. The summed E-state index contributed by atoms with van der Waals surface area (Å²) in [4.78, 5) is 7.45. The molecule has 15 heavy (non-hydrogen) atoms. The molecule has 0 amide bonds. The van der Waals surface area contributed by atoms with Gasteiger partial charge >= 0.3 is 0 Å². The van der Waals surface area contributed by atoms with E-state index in [0.29, 0.717) is 5.92 Å². The molecule has 0 bridgehead atoms. The van der Waals surface area contributed by atoms with E-state index in [4.69, 9.17) is 0 Å². The van der Waals surface area contributed by atoms with Gasteiger partial charge in [0, 0.05) is 18.3 Å². The molecule has 0 radical (unpaired) electrons. The Labute approximate surface area is 90.4 Å². The number of benzene rings is 1. The highest BCUT2D eigenvalue weighted by Crippen LogP contribution is 2.22. The Kier molecular flexibility index (Phi) is 2.58. The van der Waals surface area contributed by atoms with Crippen LogP contribution < -0.4 is 0 Å². The van der Waals surface area contributed by atoms with Gasteiger partial charge in [0.1, 0.15) is 5.82 Å². The van der Waals surface area contributed by atoms with Crippen LogP contribution in [0.2, 0.25) is 0 Å². The molecule has 1 unspecified atom stereocenters. The van der Waals surface area contributed by atoms with E-state index in [2.05, 4.69) is 48.9 Å². The monoisotopic (exact) mass is 200 g/mol. The van der Waals surface area contributed by atoms with E-state index in [1.807, 2.05) is 6.20 Å². The predicted octanol–water partition coefficient (Wildman–Crippen LogP) is 3.18. The second-order valence-corrected chi connectivity index (χ2v) is 4.04. The van der Waals surface area contributed by atoms with Crippen molar-refractivity contribution in [3.63, 3.8) is 0 Å². The quantitative estimate of drug-likeness (QED) is 0.792. The summed E-state index contributed by atoms with van der Waals surface area (Å²) in [7, 11) is 0. The van der Waals surface area contributed by atoms with Crippen LogP contribution in [-0.4, -0.2) is 9.97 Å². The van der Waals surface area contributed by atoms with Crippen LogP contribution in [-0.2, 0) is 0 Å². The first-order valence-electron chi connectivity index (χ1n) is 5.25. The Morgan fingerprint density at radius 2 is 2.00 bits per heavy atom. The molecule has 0 saturated heterocycles. The van der Waals surface area contributed by atoms with Crippen LogP contribution in [0.4, 0.5) is 0 Å². The normalized spacial score (nSPS) is 12.7. The molecular weight excluding hydrogens is 184 g/mol. The molecule has 0 aliphatic heterocycles. The van der Waals surface area contributed by atoms with Gasteiger partial charge in [-0.25, -0.2) is 4.98 Å². The predicted molar refractivity (Wildman–Crippen MR) is 62.0 cm³/mol. The Bertz CT molecular complexity index is 444. The minimum Gasteiger partial charge on any atom is -0.348 e. The summed E-state index contributed by atoms with van der Waals surface area (Å²) < 4.78 is 0. The average molecular weight is 200 g/mol. The van der Waals surface area contributed by atoms with Crippen molar-refractivity contribution in [1.29, 1.82) is 0 Å². The number of aromatic amines is 1. The zero-order valence-electron chi connectivity index (χ0n) is 9.41. The average Bonchev–Trinajstić information content (AvgIpc) is 2.74. The topological polar surface area (TPSA) is 28.7 Å². The maximum absolute atomic E-state index is 4.29. The Balaban J connectivity index is 2.34. The zero-order valence-corrected chi connectivity index (χ0v) is 9.41. The van der Waals surface area contributed by atoms with Crippen molar-refractivity contribution in [3.8, 4) is 0 Å². The lowest BCUT2D eigenvalue weighted by atomic mass is 9.97. The number of hydrogen-bond donors (Lipinski definition) is 1. The molecule has 1 aromatic heterocycles. The maximum Gasteiger partial charge on any atom is 0.113 e. The van der Waals surface area contributed by atoms with Gasteiger partial charge in [0.05, 0.1) is 0 Å². The summed E-state index contributed by atoms with van der Waals surface area (Å²) >= 11 is 0. The summed E-state index contributed by atoms with van der Waals surface area (Å²) in [6, 6.07) is 6.59. The number of rotatable bonds is 2. The number of nitrogens with one attached hydrogen (secondary N) is 1. The molecule has 1 heterocycles. The Morgan fingerprint density at radius 1 is 1.20 bits per heavy atom. The number of hydrogen-bond acceptors (Lipinski definition) is 1. The van der Waals surface area contributed by atoms with Crippen molar-refractivity contribution in [2.75, 3.05) is 0 Å². The second kappa shape index (κ2) is 3.89. The fraction of sp³-hybridized carbons (Fsp3) is 0.308. The van der Waals surface area contributed by atoms with Gasteiger partial charge in [-0.3, -0.25) is 0 Å². The lowest BCUT2D eigenvalue weighted by Crippen LogP contribution is -1.99. The molecule has 0 aliphatic rings. The molecule has 1 aromatic carbocycles. The van der Waals surface area contributed by atoms with Crippen molar-refractivity contribution in [2.24, 2.45) is 0 Å². The molecule has 0 spiro atoms.